The van der Waals surface area contributed by atoms with E-state index in [2.05, 4.69) is 32.7 Å². The standard InChI is InChI=1S/C13H16BrN3O/c1-2-16-6-5-10(8-16)17-12-4-3-9(14)7-11(12)15-13(17)18/h3-4,7,10H,2,5-6,8H2,1H3,(H,15,18). The number of likely N-dealkylation sites (N-methyl/N-ethyl adjacent to an activating group) is 1. The monoisotopic (exact) mass is 309 g/mol. The van der Waals surface area contributed by atoms with E-state index in [-0.39, 0.29) is 5.69 Å². The fraction of sp³-hybridized carbons (Fsp3) is 0.462. The van der Waals surface area contributed by atoms with E-state index in [4.69, 9.17) is 0 Å². The molecule has 0 amide bonds. The molecule has 2 aromatic rings. The van der Waals surface area contributed by atoms with Gasteiger partial charge in [-0.05, 0) is 31.2 Å². The summed E-state index contributed by atoms with van der Waals surface area (Å²) < 4.78 is 2.90. The maximum absolute atomic E-state index is 12.1. The number of nitrogens with one attached hydrogen (secondary N) is 1. The van der Waals surface area contributed by atoms with Crippen molar-refractivity contribution < 1.29 is 0 Å². The first-order valence-electron chi connectivity index (χ1n) is 6.31. The van der Waals surface area contributed by atoms with Crippen LogP contribution in [0, 0.1) is 0 Å². The highest BCUT2D eigenvalue weighted by Gasteiger charge is 2.25. The summed E-state index contributed by atoms with van der Waals surface area (Å²) in [6.07, 6.45) is 1.05. The van der Waals surface area contributed by atoms with Gasteiger partial charge in [-0.1, -0.05) is 22.9 Å². The second-order valence-corrected chi connectivity index (χ2v) is 5.71. The predicted molar refractivity (Wildman–Crippen MR) is 76.0 cm³/mol. The molecule has 1 aromatic heterocycles. The maximum Gasteiger partial charge on any atom is 0.326 e. The van der Waals surface area contributed by atoms with Gasteiger partial charge in [-0.2, -0.15) is 0 Å². The quantitative estimate of drug-likeness (QED) is 0.925. The molecular weight excluding hydrogens is 294 g/mol. The van der Waals surface area contributed by atoms with Crippen molar-refractivity contribution in [2.45, 2.75) is 19.4 Å². The molecule has 5 heteroatoms. The SMILES string of the molecule is CCN1CCC(n2c(=O)[nH]c3cc(Br)ccc32)C1. The number of rotatable bonds is 2. The number of hydrogen-bond acceptors (Lipinski definition) is 2. The number of aromatic amines is 1. The summed E-state index contributed by atoms with van der Waals surface area (Å²) in [5.74, 6) is 0. The Morgan fingerprint density at radius 1 is 1.50 bits per heavy atom. The van der Waals surface area contributed by atoms with Gasteiger partial charge in [0.1, 0.15) is 0 Å². The van der Waals surface area contributed by atoms with Crippen molar-refractivity contribution in [1.82, 2.24) is 14.5 Å². The van der Waals surface area contributed by atoms with Crippen molar-refractivity contribution in [3.8, 4) is 0 Å². The molecule has 1 atom stereocenters. The summed E-state index contributed by atoms with van der Waals surface area (Å²) in [7, 11) is 0. The highest BCUT2D eigenvalue weighted by molar-refractivity contribution is 9.10. The van der Waals surface area contributed by atoms with E-state index < -0.39 is 0 Å². The molecule has 3 rings (SSSR count). The zero-order chi connectivity index (χ0) is 12.7. The first kappa shape index (κ1) is 12.0. The number of benzene rings is 1. The van der Waals surface area contributed by atoms with Gasteiger partial charge in [-0.15, -0.1) is 0 Å². The summed E-state index contributed by atoms with van der Waals surface area (Å²) in [6, 6.07) is 6.25. The summed E-state index contributed by atoms with van der Waals surface area (Å²) in [4.78, 5) is 17.4. The van der Waals surface area contributed by atoms with Crippen LogP contribution in [0.4, 0.5) is 0 Å². The van der Waals surface area contributed by atoms with E-state index in [0.29, 0.717) is 6.04 Å². The lowest BCUT2D eigenvalue weighted by Gasteiger charge is -2.14. The lowest BCUT2D eigenvalue weighted by atomic mass is 10.2. The molecule has 0 bridgehead atoms. The zero-order valence-corrected chi connectivity index (χ0v) is 11.9. The number of hydrogen-bond donors (Lipinski definition) is 1. The van der Waals surface area contributed by atoms with Gasteiger partial charge >= 0.3 is 5.69 Å². The highest BCUT2D eigenvalue weighted by atomic mass is 79.9. The topological polar surface area (TPSA) is 41.0 Å². The zero-order valence-electron chi connectivity index (χ0n) is 10.3. The van der Waals surface area contributed by atoms with Crippen LogP contribution in [-0.4, -0.2) is 34.1 Å². The van der Waals surface area contributed by atoms with Gasteiger partial charge in [0, 0.05) is 17.6 Å². The van der Waals surface area contributed by atoms with Crippen molar-refractivity contribution in [3.63, 3.8) is 0 Å². The van der Waals surface area contributed by atoms with Crippen molar-refractivity contribution in [3.05, 3.63) is 33.2 Å². The molecule has 1 aromatic carbocycles. The number of imidazole rings is 1. The number of fused-ring (bicyclic) bond motifs is 1. The Kier molecular flexibility index (Phi) is 3.03. The predicted octanol–water partition coefficient (Wildman–Crippen LogP) is 2.36. The van der Waals surface area contributed by atoms with Gasteiger partial charge < -0.3 is 9.88 Å². The molecule has 0 aliphatic carbocycles. The summed E-state index contributed by atoms with van der Waals surface area (Å²) in [5, 5.41) is 0. The van der Waals surface area contributed by atoms with Gasteiger partial charge in [0.15, 0.2) is 0 Å². The van der Waals surface area contributed by atoms with Crippen LogP contribution in [0.25, 0.3) is 11.0 Å². The molecule has 4 nitrogen and oxygen atoms in total. The molecule has 0 saturated carbocycles. The lowest BCUT2D eigenvalue weighted by Crippen LogP contribution is -2.26. The molecule has 1 saturated heterocycles. The van der Waals surface area contributed by atoms with Crippen molar-refractivity contribution >= 4 is 27.0 Å². The minimum Gasteiger partial charge on any atom is -0.305 e. The van der Waals surface area contributed by atoms with Crippen molar-refractivity contribution in [2.24, 2.45) is 0 Å². The maximum atomic E-state index is 12.1. The third kappa shape index (κ3) is 1.91. The van der Waals surface area contributed by atoms with E-state index in [0.717, 1.165) is 41.6 Å². The molecule has 1 aliphatic rings. The van der Waals surface area contributed by atoms with E-state index >= 15 is 0 Å². The average Bonchev–Trinajstić information content (AvgIpc) is 2.91. The third-order valence-electron chi connectivity index (χ3n) is 3.74. The van der Waals surface area contributed by atoms with Gasteiger partial charge in [-0.25, -0.2) is 4.79 Å². The fourth-order valence-corrected chi connectivity index (χ4v) is 3.14. The van der Waals surface area contributed by atoms with Crippen LogP contribution in [0.3, 0.4) is 0 Å². The van der Waals surface area contributed by atoms with Crippen LogP contribution in [0.15, 0.2) is 27.5 Å². The molecule has 1 aliphatic heterocycles. The minimum atomic E-state index is 0.00560. The number of aromatic nitrogens is 2. The first-order chi connectivity index (χ1) is 8.69. The van der Waals surface area contributed by atoms with Crippen LogP contribution in [0.2, 0.25) is 0 Å². The summed E-state index contributed by atoms with van der Waals surface area (Å²) >= 11 is 3.43. The number of nitrogens with zero attached hydrogens (tertiary/aromatic N) is 2. The Balaban J connectivity index is 2.07. The fourth-order valence-electron chi connectivity index (χ4n) is 2.78. The molecular formula is C13H16BrN3O. The number of halogens is 1. The van der Waals surface area contributed by atoms with Crippen LogP contribution < -0.4 is 5.69 Å². The molecule has 1 fully saturated rings. The third-order valence-corrected chi connectivity index (χ3v) is 4.23. The smallest absolute Gasteiger partial charge is 0.305 e. The summed E-state index contributed by atoms with van der Waals surface area (Å²) in [5.41, 5.74) is 1.92. The molecule has 0 radical (unpaired) electrons. The van der Waals surface area contributed by atoms with E-state index in [1.54, 1.807) is 0 Å². The van der Waals surface area contributed by atoms with Gasteiger partial charge in [0.05, 0.1) is 17.1 Å². The van der Waals surface area contributed by atoms with Crippen LogP contribution in [0.1, 0.15) is 19.4 Å². The van der Waals surface area contributed by atoms with E-state index in [1.807, 2.05) is 22.8 Å². The molecule has 1 unspecified atom stereocenters. The Bertz CT molecular complexity index is 631. The highest BCUT2D eigenvalue weighted by Crippen LogP contribution is 2.25. The number of H-pyrrole nitrogens is 1. The Hall–Kier alpha value is -1.07. The van der Waals surface area contributed by atoms with Crippen LogP contribution in [-0.2, 0) is 0 Å². The first-order valence-corrected chi connectivity index (χ1v) is 7.10. The molecule has 2 heterocycles. The molecule has 1 N–H and O–H groups in total. The Morgan fingerprint density at radius 3 is 3.06 bits per heavy atom. The van der Waals surface area contributed by atoms with Gasteiger partial charge in [0.2, 0.25) is 0 Å². The van der Waals surface area contributed by atoms with Crippen molar-refractivity contribution in [2.75, 3.05) is 19.6 Å². The minimum absolute atomic E-state index is 0.00560. The van der Waals surface area contributed by atoms with Gasteiger partial charge in [-0.3, -0.25) is 4.57 Å². The number of likely N-dealkylation sites (tertiary alicyclic amines) is 1. The lowest BCUT2D eigenvalue weighted by molar-refractivity contribution is 0.341. The second kappa shape index (κ2) is 4.55. The van der Waals surface area contributed by atoms with E-state index in [9.17, 15) is 4.79 Å². The molecule has 18 heavy (non-hydrogen) atoms. The second-order valence-electron chi connectivity index (χ2n) is 4.80. The largest absolute Gasteiger partial charge is 0.326 e. The Morgan fingerprint density at radius 2 is 2.33 bits per heavy atom. The van der Waals surface area contributed by atoms with Gasteiger partial charge in [0.25, 0.3) is 0 Å². The molecule has 0 spiro atoms. The molecule has 96 valence electrons. The average molecular weight is 310 g/mol. The van der Waals surface area contributed by atoms with Crippen LogP contribution in [0.5, 0.6) is 0 Å². The van der Waals surface area contributed by atoms with E-state index in [1.165, 1.54) is 0 Å². The normalized spacial score (nSPS) is 20.9. The van der Waals surface area contributed by atoms with Crippen LogP contribution >= 0.6 is 15.9 Å². The van der Waals surface area contributed by atoms with Crippen molar-refractivity contribution in [1.29, 1.82) is 0 Å². The summed E-state index contributed by atoms with van der Waals surface area (Å²) in [6.45, 7) is 5.27. The Labute approximate surface area is 114 Å².